The minimum atomic E-state index is -0.0308. The average molecular weight is 224 g/mol. The van der Waals surface area contributed by atoms with Gasteiger partial charge in [-0.05, 0) is 37.5 Å². The van der Waals surface area contributed by atoms with Gasteiger partial charge >= 0.3 is 5.97 Å². The van der Waals surface area contributed by atoms with Crippen molar-refractivity contribution in [3.63, 3.8) is 0 Å². The molecule has 2 unspecified atom stereocenters. The van der Waals surface area contributed by atoms with Crippen molar-refractivity contribution in [2.75, 3.05) is 13.2 Å². The standard InChI is InChI=1S/C13H20O3/c1-10-2-3-11(6-8-15-10)12-4-5-13(14)16-9-7-12/h11-12H,1-9H2. The van der Waals surface area contributed by atoms with Crippen molar-refractivity contribution in [2.24, 2.45) is 11.8 Å². The molecule has 16 heavy (non-hydrogen) atoms. The van der Waals surface area contributed by atoms with Gasteiger partial charge in [0.05, 0.1) is 19.0 Å². The summed E-state index contributed by atoms with van der Waals surface area (Å²) in [7, 11) is 0. The van der Waals surface area contributed by atoms with Gasteiger partial charge in [-0.1, -0.05) is 6.58 Å². The summed E-state index contributed by atoms with van der Waals surface area (Å²) < 4.78 is 10.6. The van der Waals surface area contributed by atoms with E-state index in [0.29, 0.717) is 24.9 Å². The van der Waals surface area contributed by atoms with Crippen molar-refractivity contribution in [3.05, 3.63) is 12.3 Å². The highest BCUT2D eigenvalue weighted by molar-refractivity contribution is 5.69. The molecule has 3 heteroatoms. The van der Waals surface area contributed by atoms with Crippen LogP contribution in [-0.4, -0.2) is 19.2 Å². The van der Waals surface area contributed by atoms with Gasteiger partial charge in [-0.25, -0.2) is 0 Å². The molecule has 0 spiro atoms. The first-order valence-electron chi connectivity index (χ1n) is 6.22. The summed E-state index contributed by atoms with van der Waals surface area (Å²) in [5.41, 5.74) is 0. The van der Waals surface area contributed by atoms with Crippen LogP contribution in [0.5, 0.6) is 0 Å². The Labute approximate surface area is 96.8 Å². The summed E-state index contributed by atoms with van der Waals surface area (Å²) in [6.07, 6.45) is 5.80. The van der Waals surface area contributed by atoms with Crippen LogP contribution in [0.1, 0.15) is 38.5 Å². The van der Waals surface area contributed by atoms with E-state index in [2.05, 4.69) is 6.58 Å². The van der Waals surface area contributed by atoms with Crippen LogP contribution in [0, 0.1) is 11.8 Å². The Morgan fingerprint density at radius 3 is 2.31 bits per heavy atom. The van der Waals surface area contributed by atoms with Crippen molar-refractivity contribution in [1.29, 1.82) is 0 Å². The van der Waals surface area contributed by atoms with Crippen LogP contribution < -0.4 is 0 Å². The highest BCUT2D eigenvalue weighted by atomic mass is 16.5. The first-order valence-corrected chi connectivity index (χ1v) is 6.22. The fraction of sp³-hybridized carbons (Fsp3) is 0.769. The first kappa shape index (κ1) is 11.5. The van der Waals surface area contributed by atoms with Gasteiger partial charge in [-0.15, -0.1) is 0 Å². The molecule has 0 bridgehead atoms. The van der Waals surface area contributed by atoms with Crippen molar-refractivity contribution in [3.8, 4) is 0 Å². The molecule has 2 saturated heterocycles. The summed E-state index contributed by atoms with van der Waals surface area (Å²) >= 11 is 0. The van der Waals surface area contributed by atoms with Crippen LogP contribution in [0.15, 0.2) is 12.3 Å². The monoisotopic (exact) mass is 224 g/mol. The van der Waals surface area contributed by atoms with E-state index in [9.17, 15) is 4.79 Å². The van der Waals surface area contributed by atoms with Crippen LogP contribution in [0.2, 0.25) is 0 Å². The van der Waals surface area contributed by atoms with Gasteiger partial charge < -0.3 is 9.47 Å². The Hall–Kier alpha value is -0.990. The molecule has 0 aromatic heterocycles. The number of ether oxygens (including phenoxy) is 2. The number of allylic oxidation sites excluding steroid dienone is 1. The first-order chi connectivity index (χ1) is 7.75. The molecule has 3 nitrogen and oxygen atoms in total. The SMILES string of the molecule is C=C1CCC(C2CCOC(=O)CC2)CCO1. The molecule has 0 aromatic carbocycles. The third-order valence-corrected chi connectivity index (χ3v) is 3.73. The van der Waals surface area contributed by atoms with Crippen LogP contribution in [0.3, 0.4) is 0 Å². The Bertz CT molecular complexity index is 244. The smallest absolute Gasteiger partial charge is 0.305 e. The highest BCUT2D eigenvalue weighted by Crippen LogP contribution is 2.33. The molecular weight excluding hydrogens is 204 g/mol. The zero-order valence-corrected chi connectivity index (χ0v) is 9.74. The molecule has 90 valence electrons. The summed E-state index contributed by atoms with van der Waals surface area (Å²) in [5, 5.41) is 0. The molecule has 0 amide bonds. The van der Waals surface area contributed by atoms with Crippen LogP contribution >= 0.6 is 0 Å². The molecule has 2 rings (SSSR count). The van der Waals surface area contributed by atoms with Gasteiger partial charge in [0.15, 0.2) is 0 Å². The van der Waals surface area contributed by atoms with Crippen LogP contribution in [0.25, 0.3) is 0 Å². The van der Waals surface area contributed by atoms with E-state index in [-0.39, 0.29) is 5.97 Å². The quantitative estimate of drug-likeness (QED) is 0.642. The maximum absolute atomic E-state index is 11.2. The highest BCUT2D eigenvalue weighted by Gasteiger charge is 2.26. The second-order valence-electron chi connectivity index (χ2n) is 4.78. The van der Waals surface area contributed by atoms with E-state index in [1.54, 1.807) is 0 Å². The van der Waals surface area contributed by atoms with E-state index < -0.39 is 0 Å². The number of carbonyl (C=O) groups excluding carboxylic acids is 1. The third kappa shape index (κ3) is 3.00. The number of hydrogen-bond donors (Lipinski definition) is 0. The Balaban J connectivity index is 1.90. The second kappa shape index (κ2) is 5.37. The van der Waals surface area contributed by atoms with E-state index in [4.69, 9.17) is 9.47 Å². The van der Waals surface area contributed by atoms with Crippen molar-refractivity contribution >= 4 is 5.97 Å². The lowest BCUT2D eigenvalue weighted by atomic mass is 9.82. The number of esters is 1. The zero-order chi connectivity index (χ0) is 11.4. The van der Waals surface area contributed by atoms with Crippen LogP contribution in [0.4, 0.5) is 0 Å². The minimum Gasteiger partial charge on any atom is -0.499 e. The molecule has 2 aliphatic heterocycles. The molecule has 2 aliphatic rings. The lowest BCUT2D eigenvalue weighted by molar-refractivity contribution is -0.142. The molecular formula is C13H20O3. The summed E-state index contributed by atoms with van der Waals surface area (Å²) in [6, 6.07) is 0. The topological polar surface area (TPSA) is 35.5 Å². The number of cyclic esters (lactones) is 1. The largest absolute Gasteiger partial charge is 0.499 e. The Morgan fingerprint density at radius 2 is 1.56 bits per heavy atom. The van der Waals surface area contributed by atoms with Crippen molar-refractivity contribution in [1.82, 2.24) is 0 Å². The lowest BCUT2D eigenvalue weighted by Gasteiger charge is -2.22. The summed E-state index contributed by atoms with van der Waals surface area (Å²) in [4.78, 5) is 11.2. The average Bonchev–Trinajstić information content (AvgIpc) is 2.59. The van der Waals surface area contributed by atoms with Crippen molar-refractivity contribution in [2.45, 2.75) is 38.5 Å². The summed E-state index contributed by atoms with van der Waals surface area (Å²) in [6.45, 7) is 5.27. The molecule has 0 saturated carbocycles. The molecule has 0 aliphatic carbocycles. The number of hydrogen-bond acceptors (Lipinski definition) is 3. The molecule has 2 atom stereocenters. The van der Waals surface area contributed by atoms with E-state index in [1.165, 1.54) is 0 Å². The zero-order valence-electron chi connectivity index (χ0n) is 9.74. The van der Waals surface area contributed by atoms with Gasteiger partial charge in [0.1, 0.15) is 0 Å². The maximum Gasteiger partial charge on any atom is 0.305 e. The summed E-state index contributed by atoms with van der Waals surface area (Å²) in [5.74, 6) is 2.19. The predicted molar refractivity (Wildman–Crippen MR) is 60.7 cm³/mol. The second-order valence-corrected chi connectivity index (χ2v) is 4.78. The van der Waals surface area contributed by atoms with Gasteiger partial charge in [0.2, 0.25) is 0 Å². The third-order valence-electron chi connectivity index (χ3n) is 3.73. The minimum absolute atomic E-state index is 0.0308. The Kier molecular flexibility index (Phi) is 3.86. The van der Waals surface area contributed by atoms with Crippen LogP contribution in [-0.2, 0) is 14.3 Å². The number of carbonyl (C=O) groups is 1. The predicted octanol–water partition coefficient (Wildman–Crippen LogP) is 2.66. The fourth-order valence-electron chi connectivity index (χ4n) is 2.70. The van der Waals surface area contributed by atoms with Gasteiger partial charge in [-0.2, -0.15) is 0 Å². The number of rotatable bonds is 1. The molecule has 2 heterocycles. The molecule has 0 aromatic rings. The molecule has 0 radical (unpaired) electrons. The lowest BCUT2D eigenvalue weighted by Crippen LogP contribution is -2.15. The van der Waals surface area contributed by atoms with E-state index in [0.717, 1.165) is 44.5 Å². The maximum atomic E-state index is 11.2. The van der Waals surface area contributed by atoms with Gasteiger partial charge in [0.25, 0.3) is 0 Å². The van der Waals surface area contributed by atoms with Gasteiger partial charge in [0, 0.05) is 12.8 Å². The fourth-order valence-corrected chi connectivity index (χ4v) is 2.70. The normalized spacial score (nSPS) is 32.2. The molecule has 0 N–H and O–H groups in total. The van der Waals surface area contributed by atoms with Gasteiger partial charge in [-0.3, -0.25) is 4.79 Å². The van der Waals surface area contributed by atoms with Crippen molar-refractivity contribution < 1.29 is 14.3 Å². The molecule has 2 fully saturated rings. The Morgan fingerprint density at radius 1 is 0.938 bits per heavy atom. The van der Waals surface area contributed by atoms with E-state index in [1.807, 2.05) is 0 Å². The van der Waals surface area contributed by atoms with E-state index >= 15 is 0 Å².